The molecule has 0 spiro atoms. The average molecular weight is 286 g/mol. The van der Waals surface area contributed by atoms with Gasteiger partial charge in [-0.1, -0.05) is 0 Å². The molecule has 1 saturated heterocycles. The van der Waals surface area contributed by atoms with E-state index in [-0.39, 0.29) is 11.9 Å². The topological polar surface area (TPSA) is 79.6 Å². The van der Waals surface area contributed by atoms with Crippen LogP contribution >= 0.6 is 0 Å². The molecule has 0 radical (unpaired) electrons. The number of hydrogen-bond donors (Lipinski definition) is 1. The van der Waals surface area contributed by atoms with Gasteiger partial charge >= 0.3 is 0 Å². The van der Waals surface area contributed by atoms with Gasteiger partial charge in [0.15, 0.2) is 5.76 Å². The second kappa shape index (κ2) is 4.97. The molecule has 2 rings (SSSR count). The number of carbonyl (C=O) groups is 1. The Morgan fingerprint density at radius 1 is 1.47 bits per heavy atom. The number of sulfonamides is 1. The van der Waals surface area contributed by atoms with Gasteiger partial charge < -0.3 is 9.32 Å². The standard InChI is InChI=1S/C12H18N2O4S/c1-8-7-18-11(9(8)2)12(15)14-5-4-10(6-14)13-19(3,16)17/h7,10,13H,4-6H2,1-3H3. The van der Waals surface area contributed by atoms with Crippen LogP contribution in [0, 0.1) is 13.8 Å². The number of amides is 1. The first kappa shape index (κ1) is 14.1. The summed E-state index contributed by atoms with van der Waals surface area (Å²) in [7, 11) is -3.24. The molecule has 1 N–H and O–H groups in total. The van der Waals surface area contributed by atoms with Crippen molar-refractivity contribution in [1.82, 2.24) is 9.62 Å². The summed E-state index contributed by atoms with van der Waals surface area (Å²) in [6.45, 7) is 4.64. The van der Waals surface area contributed by atoms with Crippen molar-refractivity contribution in [2.75, 3.05) is 19.3 Å². The van der Waals surface area contributed by atoms with Crippen LogP contribution in [0.25, 0.3) is 0 Å². The molecule has 1 aliphatic rings. The van der Waals surface area contributed by atoms with Crippen molar-refractivity contribution in [3.8, 4) is 0 Å². The zero-order valence-corrected chi connectivity index (χ0v) is 12.1. The van der Waals surface area contributed by atoms with E-state index in [1.807, 2.05) is 13.8 Å². The van der Waals surface area contributed by atoms with Crippen molar-refractivity contribution in [3.63, 3.8) is 0 Å². The van der Waals surface area contributed by atoms with E-state index in [2.05, 4.69) is 4.72 Å². The second-order valence-electron chi connectivity index (χ2n) is 5.00. The smallest absolute Gasteiger partial charge is 0.289 e. The van der Waals surface area contributed by atoms with Gasteiger partial charge in [0.25, 0.3) is 5.91 Å². The van der Waals surface area contributed by atoms with Gasteiger partial charge in [0, 0.05) is 24.7 Å². The molecule has 1 atom stereocenters. The normalized spacial score (nSPS) is 19.9. The summed E-state index contributed by atoms with van der Waals surface area (Å²) in [5, 5.41) is 0. The number of nitrogens with one attached hydrogen (secondary N) is 1. The van der Waals surface area contributed by atoms with Gasteiger partial charge in [-0.15, -0.1) is 0 Å². The number of furan rings is 1. The minimum atomic E-state index is -3.24. The zero-order chi connectivity index (χ0) is 14.2. The fourth-order valence-electron chi connectivity index (χ4n) is 2.20. The van der Waals surface area contributed by atoms with Crippen molar-refractivity contribution in [2.45, 2.75) is 26.3 Å². The van der Waals surface area contributed by atoms with Gasteiger partial charge in [-0.05, 0) is 25.8 Å². The first-order chi connectivity index (χ1) is 8.78. The number of aryl methyl sites for hydroxylation is 1. The second-order valence-corrected chi connectivity index (χ2v) is 6.78. The highest BCUT2D eigenvalue weighted by Gasteiger charge is 2.30. The molecule has 0 saturated carbocycles. The molecule has 1 aromatic heterocycles. The van der Waals surface area contributed by atoms with Crippen molar-refractivity contribution in [3.05, 3.63) is 23.2 Å². The van der Waals surface area contributed by atoms with Crippen molar-refractivity contribution in [1.29, 1.82) is 0 Å². The SMILES string of the molecule is Cc1coc(C(=O)N2CCC(NS(C)(=O)=O)C2)c1C. The summed E-state index contributed by atoms with van der Waals surface area (Å²) in [6.07, 6.45) is 3.31. The average Bonchev–Trinajstić information content (AvgIpc) is 2.85. The summed E-state index contributed by atoms with van der Waals surface area (Å²) in [5.41, 5.74) is 1.78. The highest BCUT2D eigenvalue weighted by Crippen LogP contribution is 2.20. The van der Waals surface area contributed by atoms with Crippen LogP contribution in [0.1, 0.15) is 28.1 Å². The van der Waals surface area contributed by atoms with Crippen molar-refractivity contribution < 1.29 is 17.6 Å². The molecule has 1 aromatic rings. The summed E-state index contributed by atoms with van der Waals surface area (Å²) < 4.78 is 30.1. The third-order valence-corrected chi connectivity index (χ3v) is 4.10. The van der Waals surface area contributed by atoms with E-state index < -0.39 is 10.0 Å². The van der Waals surface area contributed by atoms with Crippen LogP contribution in [0.5, 0.6) is 0 Å². The lowest BCUT2D eigenvalue weighted by Gasteiger charge is -2.15. The van der Waals surface area contributed by atoms with Gasteiger partial charge in [-0.25, -0.2) is 13.1 Å². The molecule has 1 unspecified atom stereocenters. The first-order valence-electron chi connectivity index (χ1n) is 6.09. The number of rotatable bonds is 3. The Labute approximate surface area is 112 Å². The predicted octanol–water partition coefficient (Wildman–Crippen LogP) is 0.660. The minimum Gasteiger partial charge on any atom is -0.459 e. The molecule has 0 aliphatic carbocycles. The lowest BCUT2D eigenvalue weighted by atomic mass is 10.2. The van der Waals surface area contributed by atoms with Gasteiger partial charge in [0.1, 0.15) is 0 Å². The molecular formula is C12H18N2O4S. The van der Waals surface area contributed by atoms with Gasteiger partial charge in [0.2, 0.25) is 10.0 Å². The van der Waals surface area contributed by atoms with E-state index in [4.69, 9.17) is 4.42 Å². The maximum Gasteiger partial charge on any atom is 0.289 e. The van der Waals surface area contributed by atoms with Crippen LogP contribution in [-0.4, -0.2) is 44.6 Å². The summed E-state index contributed by atoms with van der Waals surface area (Å²) in [4.78, 5) is 13.9. The molecule has 19 heavy (non-hydrogen) atoms. The quantitative estimate of drug-likeness (QED) is 0.885. The molecule has 106 valence electrons. The van der Waals surface area contributed by atoms with E-state index in [1.165, 1.54) is 0 Å². The molecule has 1 aliphatic heterocycles. The van der Waals surface area contributed by atoms with Crippen molar-refractivity contribution >= 4 is 15.9 Å². The highest BCUT2D eigenvalue weighted by atomic mass is 32.2. The van der Waals surface area contributed by atoms with E-state index in [0.29, 0.717) is 25.3 Å². The minimum absolute atomic E-state index is 0.177. The van der Waals surface area contributed by atoms with E-state index in [0.717, 1.165) is 17.4 Å². The summed E-state index contributed by atoms with van der Waals surface area (Å²) in [5.74, 6) is 0.168. The first-order valence-corrected chi connectivity index (χ1v) is 7.98. The Kier molecular flexibility index (Phi) is 3.69. The molecule has 2 heterocycles. The predicted molar refractivity (Wildman–Crippen MR) is 70.5 cm³/mol. The molecule has 1 fully saturated rings. The monoisotopic (exact) mass is 286 g/mol. The van der Waals surface area contributed by atoms with E-state index in [1.54, 1.807) is 11.2 Å². The number of nitrogens with zero attached hydrogens (tertiary/aromatic N) is 1. The third kappa shape index (κ3) is 3.16. The lowest BCUT2D eigenvalue weighted by molar-refractivity contribution is 0.0757. The number of carbonyl (C=O) groups excluding carboxylic acids is 1. The molecule has 6 nitrogen and oxygen atoms in total. The highest BCUT2D eigenvalue weighted by molar-refractivity contribution is 7.88. The van der Waals surface area contributed by atoms with Gasteiger partial charge in [-0.3, -0.25) is 4.79 Å². The fourth-order valence-corrected chi connectivity index (χ4v) is 3.00. The Morgan fingerprint density at radius 2 is 2.16 bits per heavy atom. The van der Waals surface area contributed by atoms with E-state index >= 15 is 0 Å². The van der Waals surface area contributed by atoms with Crippen LogP contribution in [0.4, 0.5) is 0 Å². The summed E-state index contributed by atoms with van der Waals surface area (Å²) in [6, 6.07) is -0.213. The van der Waals surface area contributed by atoms with Crippen LogP contribution in [0.3, 0.4) is 0 Å². The third-order valence-electron chi connectivity index (χ3n) is 3.34. The fraction of sp³-hybridized carbons (Fsp3) is 0.583. The number of hydrogen-bond acceptors (Lipinski definition) is 4. The van der Waals surface area contributed by atoms with Gasteiger partial charge in [-0.2, -0.15) is 0 Å². The maximum absolute atomic E-state index is 12.2. The van der Waals surface area contributed by atoms with Crippen molar-refractivity contribution in [2.24, 2.45) is 0 Å². The van der Waals surface area contributed by atoms with Crippen LogP contribution < -0.4 is 4.72 Å². The number of likely N-dealkylation sites (tertiary alicyclic amines) is 1. The molecular weight excluding hydrogens is 268 g/mol. The molecule has 7 heteroatoms. The van der Waals surface area contributed by atoms with Crippen LogP contribution in [-0.2, 0) is 10.0 Å². The Bertz CT molecular complexity index is 591. The largest absolute Gasteiger partial charge is 0.459 e. The summed E-state index contributed by atoms with van der Waals surface area (Å²) >= 11 is 0. The van der Waals surface area contributed by atoms with Gasteiger partial charge in [0.05, 0.1) is 12.5 Å². The van der Waals surface area contributed by atoms with E-state index in [9.17, 15) is 13.2 Å². The Hall–Kier alpha value is -1.34. The van der Waals surface area contributed by atoms with Crippen LogP contribution in [0.15, 0.2) is 10.7 Å². The lowest BCUT2D eigenvalue weighted by Crippen LogP contribution is -2.37. The Morgan fingerprint density at radius 3 is 2.68 bits per heavy atom. The zero-order valence-electron chi connectivity index (χ0n) is 11.3. The Balaban J connectivity index is 2.05. The molecule has 0 aromatic carbocycles. The molecule has 1 amide bonds. The maximum atomic E-state index is 12.2. The molecule has 0 bridgehead atoms. The van der Waals surface area contributed by atoms with Crippen LogP contribution in [0.2, 0.25) is 0 Å².